The van der Waals surface area contributed by atoms with Crippen molar-refractivity contribution in [3.05, 3.63) is 82.6 Å². The van der Waals surface area contributed by atoms with Crippen LogP contribution < -0.4 is 0 Å². The largest absolute Gasteiger partial charge is 0.481 e. The molecule has 14 nitrogen and oxygen atoms in total. The van der Waals surface area contributed by atoms with Crippen LogP contribution in [-0.2, 0) is 36.7 Å². The topological polar surface area (TPSA) is 217 Å². The highest BCUT2D eigenvalue weighted by molar-refractivity contribution is 5.93. The summed E-state index contributed by atoms with van der Waals surface area (Å²) < 4.78 is 20.2. The van der Waals surface area contributed by atoms with E-state index in [1.165, 1.54) is 26.4 Å². The molecule has 0 saturated carbocycles. The van der Waals surface area contributed by atoms with Crippen LogP contribution in [0, 0.1) is 19.8 Å². The van der Waals surface area contributed by atoms with E-state index in [1.54, 1.807) is 50.2 Å². The van der Waals surface area contributed by atoms with E-state index in [9.17, 15) is 24.0 Å². The second-order valence-electron chi connectivity index (χ2n) is 9.51. The number of aryl methyl sites for hydroxylation is 3. The number of carbonyl (C=O) groups is 5. The second kappa shape index (κ2) is 15.1. The maximum atomic E-state index is 11.4. The van der Waals surface area contributed by atoms with Crippen LogP contribution in [0.4, 0.5) is 0 Å². The molecule has 0 radical (unpaired) electrons. The minimum Gasteiger partial charge on any atom is -0.481 e. The quantitative estimate of drug-likeness (QED) is 0.158. The van der Waals surface area contributed by atoms with Crippen molar-refractivity contribution in [3.8, 4) is 22.9 Å². The first kappa shape index (κ1) is 33.7. The molecule has 0 spiro atoms. The average Bonchev–Trinajstić information content (AvgIpc) is 3.59. The number of methoxy groups -OCH3 is 2. The van der Waals surface area contributed by atoms with Crippen molar-refractivity contribution >= 4 is 29.8 Å². The molecule has 0 atom stereocenters. The number of hydrogen-bond donors (Lipinski definition) is 3. The number of rotatable bonds is 11. The zero-order valence-electron chi connectivity index (χ0n) is 24.7. The van der Waals surface area contributed by atoms with Crippen molar-refractivity contribution in [3.63, 3.8) is 0 Å². The van der Waals surface area contributed by atoms with E-state index in [-0.39, 0.29) is 24.4 Å². The summed E-state index contributed by atoms with van der Waals surface area (Å²) in [6.45, 7) is 3.33. The average molecular weight is 623 g/mol. The Morgan fingerprint density at radius 3 is 1.47 bits per heavy atom. The number of ether oxygens (including phenoxy) is 2. The van der Waals surface area contributed by atoms with Crippen LogP contribution in [0.1, 0.15) is 50.0 Å². The van der Waals surface area contributed by atoms with Crippen LogP contribution in [0.3, 0.4) is 0 Å². The van der Waals surface area contributed by atoms with Gasteiger partial charge in [0.2, 0.25) is 11.8 Å². The normalized spacial score (nSPS) is 10.5. The minimum atomic E-state index is -1.59. The fourth-order valence-corrected chi connectivity index (χ4v) is 3.96. The number of nitrogens with zero attached hydrogens (tertiary/aromatic N) is 2. The van der Waals surface area contributed by atoms with Gasteiger partial charge in [-0.25, -0.2) is 19.6 Å². The van der Waals surface area contributed by atoms with Crippen LogP contribution >= 0.6 is 0 Å². The van der Waals surface area contributed by atoms with Crippen molar-refractivity contribution in [2.24, 2.45) is 5.92 Å². The van der Waals surface area contributed by atoms with Gasteiger partial charge >= 0.3 is 29.8 Å². The Morgan fingerprint density at radius 1 is 0.689 bits per heavy atom. The molecule has 0 amide bonds. The van der Waals surface area contributed by atoms with E-state index >= 15 is 0 Å². The number of carboxylic acids is 3. The molecule has 4 rings (SSSR count). The highest BCUT2D eigenvalue weighted by atomic mass is 16.5. The highest BCUT2D eigenvalue weighted by Crippen LogP contribution is 2.25. The Bertz CT molecular complexity index is 1670. The molecule has 45 heavy (non-hydrogen) atoms. The number of esters is 2. The predicted octanol–water partition coefficient (Wildman–Crippen LogP) is 4.22. The Balaban J connectivity index is 0.000000248. The van der Waals surface area contributed by atoms with E-state index in [4.69, 9.17) is 24.2 Å². The molecule has 2 heterocycles. The van der Waals surface area contributed by atoms with E-state index < -0.39 is 35.8 Å². The van der Waals surface area contributed by atoms with Crippen molar-refractivity contribution in [1.82, 2.24) is 9.97 Å². The Morgan fingerprint density at radius 2 is 1.09 bits per heavy atom. The first-order valence-corrected chi connectivity index (χ1v) is 13.3. The summed E-state index contributed by atoms with van der Waals surface area (Å²) in [6.07, 6.45) is 0.0548. The third kappa shape index (κ3) is 8.86. The van der Waals surface area contributed by atoms with E-state index in [1.807, 2.05) is 0 Å². The molecule has 0 saturated heterocycles. The lowest BCUT2D eigenvalue weighted by Gasteiger charge is -2.04. The van der Waals surface area contributed by atoms with E-state index in [0.29, 0.717) is 51.8 Å². The van der Waals surface area contributed by atoms with Gasteiger partial charge in [0, 0.05) is 24.0 Å². The monoisotopic (exact) mass is 622 g/mol. The molecule has 3 N–H and O–H groups in total. The van der Waals surface area contributed by atoms with Crippen molar-refractivity contribution in [2.75, 3.05) is 14.2 Å². The Hall–Kier alpha value is -5.79. The summed E-state index contributed by atoms with van der Waals surface area (Å²) in [4.78, 5) is 63.8. The summed E-state index contributed by atoms with van der Waals surface area (Å²) >= 11 is 0. The van der Waals surface area contributed by atoms with Crippen LogP contribution in [-0.4, -0.2) is 69.4 Å². The molecule has 4 aromatic rings. The van der Waals surface area contributed by atoms with Gasteiger partial charge in [0.15, 0.2) is 5.92 Å². The van der Waals surface area contributed by atoms with E-state index in [0.717, 1.165) is 0 Å². The smallest absolute Gasteiger partial charge is 0.337 e. The lowest BCUT2D eigenvalue weighted by atomic mass is 10.0. The standard InChI is InChI=1S/C16H15NO7.C15H15NO5/c1-8-12(7-11(14(18)19)15(20)21)17-13(24-8)9-3-5-10(6-4-9)16(22)23-2;1-9-12(7-8-13(17)18)16-14(21-9)10-3-5-11(6-4-10)15(19)20-2/h3-6,11H,7H2,1-2H3,(H,18,19)(H,20,21);3-6H,7-8H2,1-2H3,(H,17,18). The van der Waals surface area contributed by atoms with Gasteiger partial charge in [-0.15, -0.1) is 0 Å². The number of aromatic nitrogens is 2. The van der Waals surface area contributed by atoms with Gasteiger partial charge < -0.3 is 33.6 Å². The Kier molecular flexibility index (Phi) is 11.3. The zero-order chi connectivity index (χ0) is 33.3. The van der Waals surface area contributed by atoms with E-state index in [2.05, 4.69) is 19.4 Å². The molecule has 2 aromatic carbocycles. The number of carbonyl (C=O) groups excluding carboxylic acids is 2. The molecule has 0 aliphatic carbocycles. The van der Waals surface area contributed by atoms with Gasteiger partial charge in [-0.1, -0.05) is 0 Å². The van der Waals surface area contributed by atoms with Crippen LogP contribution in [0.25, 0.3) is 22.9 Å². The minimum absolute atomic E-state index is 0.00803. The van der Waals surface area contributed by atoms with Crippen LogP contribution in [0.2, 0.25) is 0 Å². The first-order valence-electron chi connectivity index (χ1n) is 13.3. The lowest BCUT2D eigenvalue weighted by Crippen LogP contribution is -2.25. The Labute approximate surface area is 256 Å². The molecule has 0 unspecified atom stereocenters. The third-order valence-corrected chi connectivity index (χ3v) is 6.46. The van der Waals surface area contributed by atoms with Gasteiger partial charge in [0.25, 0.3) is 0 Å². The van der Waals surface area contributed by atoms with Gasteiger partial charge in [-0.2, -0.15) is 0 Å². The molecule has 0 aliphatic rings. The van der Waals surface area contributed by atoms with Crippen molar-refractivity contribution in [1.29, 1.82) is 0 Å². The molecule has 236 valence electrons. The second-order valence-corrected chi connectivity index (χ2v) is 9.51. The number of oxazole rings is 2. The van der Waals surface area contributed by atoms with Gasteiger partial charge in [0.05, 0.1) is 43.2 Å². The highest BCUT2D eigenvalue weighted by Gasteiger charge is 2.28. The summed E-state index contributed by atoms with van der Waals surface area (Å²) in [5.41, 5.74) is 2.98. The molecule has 14 heteroatoms. The maximum Gasteiger partial charge on any atom is 0.337 e. The number of aliphatic carboxylic acids is 3. The molecule has 0 fully saturated rings. The van der Waals surface area contributed by atoms with Crippen LogP contribution in [0.5, 0.6) is 0 Å². The SMILES string of the molecule is COC(=O)c1ccc(-c2nc(CC(C(=O)O)C(=O)O)c(C)o2)cc1.COC(=O)c1ccc(-c2nc(CCC(=O)O)c(C)o2)cc1. The summed E-state index contributed by atoms with van der Waals surface area (Å²) in [7, 11) is 2.60. The number of benzene rings is 2. The molecule has 0 bridgehead atoms. The first-order chi connectivity index (χ1) is 21.3. The summed E-state index contributed by atoms with van der Waals surface area (Å²) in [5, 5.41) is 26.6. The number of hydrogen-bond acceptors (Lipinski definition) is 11. The van der Waals surface area contributed by atoms with Crippen molar-refractivity contribution in [2.45, 2.75) is 33.1 Å². The summed E-state index contributed by atoms with van der Waals surface area (Å²) in [5.74, 6) is -4.66. The fraction of sp³-hybridized carbons (Fsp3) is 0.258. The van der Waals surface area contributed by atoms with Gasteiger partial charge in [-0.05, 0) is 62.4 Å². The molecule has 2 aromatic heterocycles. The third-order valence-electron chi connectivity index (χ3n) is 6.46. The van der Waals surface area contributed by atoms with Gasteiger partial charge in [-0.3, -0.25) is 14.4 Å². The lowest BCUT2D eigenvalue weighted by molar-refractivity contribution is -0.154. The maximum absolute atomic E-state index is 11.4. The van der Waals surface area contributed by atoms with Crippen LogP contribution in [0.15, 0.2) is 57.4 Å². The zero-order valence-corrected chi connectivity index (χ0v) is 24.7. The van der Waals surface area contributed by atoms with Gasteiger partial charge in [0.1, 0.15) is 11.5 Å². The number of carboxylic acid groups (broad SMARTS) is 3. The molecule has 0 aliphatic heterocycles. The predicted molar refractivity (Wildman–Crippen MR) is 154 cm³/mol. The summed E-state index contributed by atoms with van der Waals surface area (Å²) in [6, 6.07) is 12.9. The molecular formula is C31H30N2O12. The molecular weight excluding hydrogens is 592 g/mol. The van der Waals surface area contributed by atoms with Crippen molar-refractivity contribution < 1.29 is 57.6 Å². The fourth-order valence-electron chi connectivity index (χ4n) is 3.96.